The fraction of sp³-hybridized carbons (Fsp3) is 0.562. The smallest absolute Gasteiger partial charge is 0.239 e. The van der Waals surface area contributed by atoms with Crippen molar-refractivity contribution in [1.29, 1.82) is 0 Å². The van der Waals surface area contributed by atoms with Crippen LogP contribution in [0.4, 0.5) is 5.69 Å². The largest absolute Gasteiger partial charge is 0.362 e. The van der Waals surface area contributed by atoms with E-state index in [2.05, 4.69) is 42.3 Å². The monoisotopic (exact) mass is 260 g/mol. The molecule has 0 radical (unpaired) electrons. The molecule has 0 atom stereocenters. The fourth-order valence-corrected chi connectivity index (χ4v) is 2.51. The molecular formula is C16H24N2O. The zero-order chi connectivity index (χ0) is 13.7. The van der Waals surface area contributed by atoms with E-state index in [4.69, 9.17) is 0 Å². The zero-order valence-electron chi connectivity index (χ0n) is 12.0. The average molecular weight is 260 g/mol. The number of aryl methyl sites for hydroxylation is 1. The van der Waals surface area contributed by atoms with E-state index in [0.717, 1.165) is 32.4 Å². The summed E-state index contributed by atoms with van der Waals surface area (Å²) in [6, 6.07) is 8.41. The SMILES string of the molecule is CC(C)CCNC(=O)CN1CCCc2ccccc21. The summed E-state index contributed by atoms with van der Waals surface area (Å²) in [5.74, 6) is 0.772. The lowest BCUT2D eigenvalue weighted by molar-refractivity contribution is -0.119. The van der Waals surface area contributed by atoms with Crippen molar-refractivity contribution in [2.24, 2.45) is 5.92 Å². The second-order valence-corrected chi connectivity index (χ2v) is 5.69. The predicted molar refractivity (Wildman–Crippen MR) is 79.4 cm³/mol. The fourth-order valence-electron chi connectivity index (χ4n) is 2.51. The Morgan fingerprint density at radius 1 is 1.37 bits per heavy atom. The molecule has 0 aliphatic carbocycles. The van der Waals surface area contributed by atoms with Gasteiger partial charge in [-0.1, -0.05) is 32.0 Å². The van der Waals surface area contributed by atoms with Gasteiger partial charge < -0.3 is 10.2 Å². The number of hydrogen-bond acceptors (Lipinski definition) is 2. The standard InChI is InChI=1S/C16H24N2O/c1-13(2)9-10-17-16(19)12-18-11-5-7-14-6-3-4-8-15(14)18/h3-4,6,8,13H,5,7,9-12H2,1-2H3,(H,17,19). The van der Waals surface area contributed by atoms with E-state index < -0.39 is 0 Å². The molecule has 0 saturated carbocycles. The molecule has 1 aliphatic heterocycles. The molecule has 1 heterocycles. The summed E-state index contributed by atoms with van der Waals surface area (Å²) in [5.41, 5.74) is 2.59. The van der Waals surface area contributed by atoms with E-state index in [1.165, 1.54) is 11.3 Å². The Balaban J connectivity index is 1.88. The summed E-state index contributed by atoms with van der Waals surface area (Å²) in [6.45, 7) is 6.59. The Morgan fingerprint density at radius 3 is 2.95 bits per heavy atom. The van der Waals surface area contributed by atoms with Crippen LogP contribution in [0.5, 0.6) is 0 Å². The Hall–Kier alpha value is -1.51. The van der Waals surface area contributed by atoms with Crippen LogP contribution in [0.15, 0.2) is 24.3 Å². The summed E-state index contributed by atoms with van der Waals surface area (Å²) < 4.78 is 0. The Kier molecular flexibility index (Phi) is 4.83. The van der Waals surface area contributed by atoms with Gasteiger partial charge in [-0.15, -0.1) is 0 Å². The number of rotatable bonds is 5. The molecule has 1 aromatic carbocycles. The number of nitrogens with zero attached hydrogens (tertiary/aromatic N) is 1. The van der Waals surface area contributed by atoms with Crippen LogP contribution in [0.25, 0.3) is 0 Å². The Bertz CT molecular complexity index is 429. The molecule has 0 spiro atoms. The number of benzene rings is 1. The number of carbonyl (C=O) groups is 1. The third-order valence-corrected chi connectivity index (χ3v) is 3.58. The highest BCUT2D eigenvalue weighted by Gasteiger charge is 2.18. The summed E-state index contributed by atoms with van der Waals surface area (Å²) >= 11 is 0. The van der Waals surface area contributed by atoms with E-state index in [1.807, 2.05) is 6.07 Å². The van der Waals surface area contributed by atoms with E-state index >= 15 is 0 Å². The van der Waals surface area contributed by atoms with Crippen LogP contribution >= 0.6 is 0 Å². The van der Waals surface area contributed by atoms with Gasteiger partial charge in [0.1, 0.15) is 0 Å². The van der Waals surface area contributed by atoms with Crippen LogP contribution in [0.2, 0.25) is 0 Å². The van der Waals surface area contributed by atoms with Gasteiger partial charge in [-0.2, -0.15) is 0 Å². The molecule has 1 amide bonds. The van der Waals surface area contributed by atoms with Gasteiger partial charge >= 0.3 is 0 Å². The predicted octanol–water partition coefficient (Wildman–Crippen LogP) is 2.60. The molecular weight excluding hydrogens is 236 g/mol. The van der Waals surface area contributed by atoms with Crippen LogP contribution in [0.3, 0.4) is 0 Å². The number of carbonyl (C=O) groups excluding carboxylic acids is 1. The van der Waals surface area contributed by atoms with Crippen molar-refractivity contribution >= 4 is 11.6 Å². The van der Waals surface area contributed by atoms with Crippen molar-refractivity contribution in [3.05, 3.63) is 29.8 Å². The molecule has 2 rings (SSSR count). The summed E-state index contributed by atoms with van der Waals surface area (Å²) in [5, 5.41) is 3.01. The molecule has 1 N–H and O–H groups in total. The highest BCUT2D eigenvalue weighted by atomic mass is 16.2. The first-order valence-electron chi connectivity index (χ1n) is 7.26. The van der Waals surface area contributed by atoms with Gasteiger partial charge in [0.15, 0.2) is 0 Å². The van der Waals surface area contributed by atoms with Crippen molar-refractivity contribution in [2.45, 2.75) is 33.1 Å². The maximum Gasteiger partial charge on any atom is 0.239 e. The van der Waals surface area contributed by atoms with Gasteiger partial charge in [-0.25, -0.2) is 0 Å². The van der Waals surface area contributed by atoms with Gasteiger partial charge in [0.2, 0.25) is 5.91 Å². The molecule has 104 valence electrons. The molecule has 1 aliphatic rings. The number of fused-ring (bicyclic) bond motifs is 1. The first kappa shape index (κ1) is 13.9. The average Bonchev–Trinajstić information content (AvgIpc) is 2.39. The highest BCUT2D eigenvalue weighted by molar-refractivity contribution is 5.81. The highest BCUT2D eigenvalue weighted by Crippen LogP contribution is 2.26. The second-order valence-electron chi connectivity index (χ2n) is 5.69. The molecule has 3 nitrogen and oxygen atoms in total. The molecule has 0 bridgehead atoms. The minimum absolute atomic E-state index is 0.136. The van der Waals surface area contributed by atoms with E-state index in [1.54, 1.807) is 0 Å². The number of anilines is 1. The number of hydrogen-bond donors (Lipinski definition) is 1. The van der Waals surface area contributed by atoms with Crippen LogP contribution in [-0.4, -0.2) is 25.5 Å². The molecule has 19 heavy (non-hydrogen) atoms. The Labute approximate surface area is 116 Å². The molecule has 3 heteroatoms. The summed E-state index contributed by atoms with van der Waals surface area (Å²) in [4.78, 5) is 14.1. The van der Waals surface area contributed by atoms with Crippen LogP contribution < -0.4 is 10.2 Å². The van der Waals surface area contributed by atoms with Crippen LogP contribution in [0.1, 0.15) is 32.3 Å². The molecule has 1 aromatic rings. The lowest BCUT2D eigenvalue weighted by atomic mass is 10.0. The lowest BCUT2D eigenvalue weighted by Crippen LogP contribution is -2.40. The van der Waals surface area contributed by atoms with Crippen LogP contribution in [0, 0.1) is 5.92 Å². The van der Waals surface area contributed by atoms with Crippen molar-refractivity contribution in [3.63, 3.8) is 0 Å². The number of para-hydroxylation sites is 1. The Morgan fingerprint density at radius 2 is 2.16 bits per heavy atom. The molecule has 0 saturated heterocycles. The van der Waals surface area contributed by atoms with Gasteiger partial charge in [0, 0.05) is 18.8 Å². The zero-order valence-corrected chi connectivity index (χ0v) is 12.0. The third-order valence-electron chi connectivity index (χ3n) is 3.58. The van der Waals surface area contributed by atoms with Crippen molar-refractivity contribution in [1.82, 2.24) is 5.32 Å². The number of nitrogens with one attached hydrogen (secondary N) is 1. The molecule has 0 aromatic heterocycles. The minimum Gasteiger partial charge on any atom is -0.362 e. The van der Waals surface area contributed by atoms with E-state index in [-0.39, 0.29) is 5.91 Å². The molecule has 0 fully saturated rings. The maximum absolute atomic E-state index is 11.9. The van der Waals surface area contributed by atoms with Gasteiger partial charge in [-0.05, 0) is 36.8 Å². The van der Waals surface area contributed by atoms with Gasteiger partial charge in [0.05, 0.1) is 6.54 Å². The normalized spacial score (nSPS) is 14.4. The van der Waals surface area contributed by atoms with Crippen molar-refractivity contribution < 1.29 is 4.79 Å². The second kappa shape index (κ2) is 6.60. The first-order chi connectivity index (χ1) is 9.16. The summed E-state index contributed by atoms with van der Waals surface area (Å²) in [6.07, 6.45) is 3.31. The lowest BCUT2D eigenvalue weighted by Gasteiger charge is -2.30. The third kappa shape index (κ3) is 3.98. The first-order valence-corrected chi connectivity index (χ1v) is 7.26. The molecule has 0 unspecified atom stereocenters. The van der Waals surface area contributed by atoms with Crippen molar-refractivity contribution in [2.75, 3.05) is 24.5 Å². The maximum atomic E-state index is 11.9. The van der Waals surface area contributed by atoms with Gasteiger partial charge in [0.25, 0.3) is 0 Å². The number of amides is 1. The van der Waals surface area contributed by atoms with E-state index in [9.17, 15) is 4.79 Å². The quantitative estimate of drug-likeness (QED) is 0.882. The van der Waals surface area contributed by atoms with E-state index in [0.29, 0.717) is 12.5 Å². The van der Waals surface area contributed by atoms with Crippen molar-refractivity contribution in [3.8, 4) is 0 Å². The summed E-state index contributed by atoms with van der Waals surface area (Å²) in [7, 11) is 0. The van der Waals surface area contributed by atoms with Gasteiger partial charge in [-0.3, -0.25) is 4.79 Å². The minimum atomic E-state index is 0.136. The topological polar surface area (TPSA) is 32.3 Å². The van der Waals surface area contributed by atoms with Crippen LogP contribution in [-0.2, 0) is 11.2 Å².